The van der Waals surface area contributed by atoms with Crippen LogP contribution in [0, 0.1) is 17.2 Å². The first-order chi connectivity index (χ1) is 17.6. The van der Waals surface area contributed by atoms with Crippen molar-refractivity contribution in [2.24, 2.45) is 5.92 Å². The molecule has 3 aromatic carbocycles. The van der Waals surface area contributed by atoms with Crippen molar-refractivity contribution in [3.05, 3.63) is 77.9 Å². The van der Waals surface area contributed by atoms with Crippen molar-refractivity contribution < 1.29 is 4.79 Å². The SMILES string of the molecule is CCC(CC)(Cc1ccccc1)NC(=O)[C@H](CC1CCCCC1)Nc1ccc(C#N)c2ccccc12. The summed E-state index contributed by atoms with van der Waals surface area (Å²) in [4.78, 5) is 14.0. The van der Waals surface area contributed by atoms with Crippen LogP contribution in [0.15, 0.2) is 66.7 Å². The van der Waals surface area contributed by atoms with E-state index in [2.05, 4.69) is 54.8 Å². The fraction of sp³-hybridized carbons (Fsp3) is 0.438. The molecule has 1 aliphatic carbocycles. The zero-order valence-corrected chi connectivity index (χ0v) is 21.7. The molecule has 0 heterocycles. The van der Waals surface area contributed by atoms with E-state index in [1.54, 1.807) is 0 Å². The number of rotatable bonds is 10. The molecule has 0 spiro atoms. The summed E-state index contributed by atoms with van der Waals surface area (Å²) in [5, 5.41) is 18.6. The Morgan fingerprint density at radius 3 is 2.28 bits per heavy atom. The van der Waals surface area contributed by atoms with E-state index >= 15 is 0 Å². The lowest BCUT2D eigenvalue weighted by atomic mass is 9.83. The lowest BCUT2D eigenvalue weighted by Crippen LogP contribution is -2.54. The number of anilines is 1. The van der Waals surface area contributed by atoms with E-state index in [1.807, 2.05) is 42.5 Å². The van der Waals surface area contributed by atoms with Gasteiger partial charge in [0.15, 0.2) is 0 Å². The van der Waals surface area contributed by atoms with E-state index in [4.69, 9.17) is 0 Å². The second-order valence-corrected chi connectivity index (χ2v) is 10.4. The summed E-state index contributed by atoms with van der Waals surface area (Å²) in [6, 6.07) is 24.2. The maximum absolute atomic E-state index is 14.0. The molecule has 1 atom stereocenters. The van der Waals surface area contributed by atoms with Crippen LogP contribution < -0.4 is 10.6 Å². The van der Waals surface area contributed by atoms with E-state index in [-0.39, 0.29) is 17.5 Å². The molecule has 4 rings (SSSR count). The van der Waals surface area contributed by atoms with Crippen molar-refractivity contribution in [1.82, 2.24) is 5.32 Å². The number of amides is 1. The first-order valence-corrected chi connectivity index (χ1v) is 13.6. The average Bonchev–Trinajstić information content (AvgIpc) is 2.93. The Morgan fingerprint density at radius 1 is 0.944 bits per heavy atom. The Morgan fingerprint density at radius 2 is 1.61 bits per heavy atom. The van der Waals surface area contributed by atoms with Crippen LogP contribution >= 0.6 is 0 Å². The van der Waals surface area contributed by atoms with E-state index in [0.717, 1.165) is 42.1 Å². The summed E-state index contributed by atoms with van der Waals surface area (Å²) in [6.07, 6.45) is 9.58. The van der Waals surface area contributed by atoms with E-state index in [1.165, 1.54) is 37.7 Å². The van der Waals surface area contributed by atoms with Gasteiger partial charge in [0.2, 0.25) is 5.91 Å². The minimum atomic E-state index is -0.322. The highest BCUT2D eigenvalue weighted by Crippen LogP contribution is 2.32. The second-order valence-electron chi connectivity index (χ2n) is 10.4. The Labute approximate surface area is 216 Å². The van der Waals surface area contributed by atoms with Crippen LogP contribution in [0.25, 0.3) is 10.8 Å². The maximum atomic E-state index is 14.0. The van der Waals surface area contributed by atoms with Gasteiger partial charge in [-0.05, 0) is 49.3 Å². The minimum absolute atomic E-state index is 0.0774. The smallest absolute Gasteiger partial charge is 0.242 e. The number of carbonyl (C=O) groups is 1. The largest absolute Gasteiger partial charge is 0.373 e. The third-order valence-electron chi connectivity index (χ3n) is 8.11. The predicted octanol–water partition coefficient (Wildman–Crippen LogP) is 7.38. The minimum Gasteiger partial charge on any atom is -0.373 e. The molecule has 2 N–H and O–H groups in total. The van der Waals surface area contributed by atoms with Gasteiger partial charge in [-0.3, -0.25) is 4.79 Å². The maximum Gasteiger partial charge on any atom is 0.242 e. The van der Waals surface area contributed by atoms with Crippen LogP contribution in [0.4, 0.5) is 5.69 Å². The van der Waals surface area contributed by atoms with Gasteiger partial charge in [-0.25, -0.2) is 0 Å². The summed E-state index contributed by atoms with van der Waals surface area (Å²) in [5.74, 6) is 0.632. The topological polar surface area (TPSA) is 64.9 Å². The highest BCUT2D eigenvalue weighted by molar-refractivity contribution is 5.99. The van der Waals surface area contributed by atoms with Gasteiger partial charge in [0.25, 0.3) is 0 Å². The number of fused-ring (bicyclic) bond motifs is 1. The third kappa shape index (κ3) is 6.08. The zero-order chi connectivity index (χ0) is 25.4. The van der Waals surface area contributed by atoms with E-state index < -0.39 is 0 Å². The van der Waals surface area contributed by atoms with Crippen molar-refractivity contribution in [2.45, 2.75) is 83.2 Å². The van der Waals surface area contributed by atoms with Crippen LogP contribution in [0.5, 0.6) is 0 Å². The summed E-state index contributed by atoms with van der Waals surface area (Å²) >= 11 is 0. The molecule has 3 aromatic rings. The molecule has 1 saturated carbocycles. The molecular formula is C32H39N3O. The summed E-state index contributed by atoms with van der Waals surface area (Å²) in [5.41, 5.74) is 2.54. The standard InChI is InChI=1S/C32H39N3O/c1-3-32(4-2,22-25-15-9-6-10-16-25)35-31(36)30(21-24-13-7-5-8-14-24)34-29-20-19-26(23-33)27-17-11-12-18-28(27)29/h6,9-12,15-20,24,30,34H,3-5,7-8,13-14,21-22H2,1-2H3,(H,35,36)/t30-/m0/s1. The molecule has 0 aromatic heterocycles. The molecule has 188 valence electrons. The van der Waals surface area contributed by atoms with Gasteiger partial charge in [-0.1, -0.05) is 101 Å². The Hall–Kier alpha value is -3.32. The molecule has 0 aliphatic heterocycles. The number of nitrogens with one attached hydrogen (secondary N) is 2. The average molecular weight is 482 g/mol. The van der Waals surface area contributed by atoms with Crippen molar-refractivity contribution in [2.75, 3.05) is 5.32 Å². The molecule has 1 amide bonds. The fourth-order valence-corrected chi connectivity index (χ4v) is 5.75. The lowest BCUT2D eigenvalue weighted by molar-refractivity contribution is -0.124. The second kappa shape index (κ2) is 12.1. The van der Waals surface area contributed by atoms with Gasteiger partial charge in [0, 0.05) is 22.0 Å². The van der Waals surface area contributed by atoms with Gasteiger partial charge in [-0.15, -0.1) is 0 Å². The molecule has 4 heteroatoms. The summed E-state index contributed by atoms with van der Waals surface area (Å²) < 4.78 is 0. The monoisotopic (exact) mass is 481 g/mol. The van der Waals surface area contributed by atoms with Gasteiger partial charge in [0.05, 0.1) is 11.6 Å². The van der Waals surface area contributed by atoms with Gasteiger partial charge < -0.3 is 10.6 Å². The summed E-state index contributed by atoms with van der Waals surface area (Å²) in [7, 11) is 0. The van der Waals surface area contributed by atoms with Crippen molar-refractivity contribution in [3.63, 3.8) is 0 Å². The van der Waals surface area contributed by atoms with Crippen LogP contribution in [0.2, 0.25) is 0 Å². The highest BCUT2D eigenvalue weighted by Gasteiger charge is 2.33. The predicted molar refractivity (Wildman–Crippen MR) is 149 cm³/mol. The van der Waals surface area contributed by atoms with E-state index in [0.29, 0.717) is 11.5 Å². The molecule has 0 radical (unpaired) electrons. The molecule has 0 bridgehead atoms. The number of hydrogen-bond donors (Lipinski definition) is 2. The zero-order valence-electron chi connectivity index (χ0n) is 21.7. The number of hydrogen-bond acceptors (Lipinski definition) is 3. The molecule has 1 fully saturated rings. The molecule has 1 aliphatic rings. The van der Waals surface area contributed by atoms with Crippen LogP contribution in [0.3, 0.4) is 0 Å². The van der Waals surface area contributed by atoms with Crippen molar-refractivity contribution >= 4 is 22.4 Å². The Bertz CT molecular complexity index is 1190. The number of nitriles is 1. The third-order valence-corrected chi connectivity index (χ3v) is 8.11. The number of benzene rings is 3. The molecule has 0 unspecified atom stereocenters. The van der Waals surface area contributed by atoms with Crippen molar-refractivity contribution in [3.8, 4) is 6.07 Å². The van der Waals surface area contributed by atoms with Gasteiger partial charge in [-0.2, -0.15) is 5.26 Å². The molecule has 0 saturated heterocycles. The van der Waals surface area contributed by atoms with Crippen molar-refractivity contribution in [1.29, 1.82) is 5.26 Å². The molecular weight excluding hydrogens is 442 g/mol. The Balaban J connectivity index is 1.62. The summed E-state index contributed by atoms with van der Waals surface area (Å²) in [6.45, 7) is 4.34. The van der Waals surface area contributed by atoms with Gasteiger partial charge in [0.1, 0.15) is 6.04 Å². The number of carbonyl (C=O) groups excluding carboxylic acids is 1. The normalized spacial score (nSPS) is 15.2. The van der Waals surface area contributed by atoms with Crippen LogP contribution in [0.1, 0.15) is 76.3 Å². The van der Waals surface area contributed by atoms with Crippen LogP contribution in [-0.2, 0) is 11.2 Å². The Kier molecular flexibility index (Phi) is 8.65. The van der Waals surface area contributed by atoms with Gasteiger partial charge >= 0.3 is 0 Å². The molecule has 4 nitrogen and oxygen atoms in total. The first-order valence-electron chi connectivity index (χ1n) is 13.6. The fourth-order valence-electron chi connectivity index (χ4n) is 5.75. The number of nitrogens with zero attached hydrogens (tertiary/aromatic N) is 1. The lowest BCUT2D eigenvalue weighted by Gasteiger charge is -2.36. The highest BCUT2D eigenvalue weighted by atomic mass is 16.2. The first kappa shape index (κ1) is 25.8. The molecule has 36 heavy (non-hydrogen) atoms. The quantitative estimate of drug-likeness (QED) is 0.317. The van der Waals surface area contributed by atoms with E-state index in [9.17, 15) is 10.1 Å². The van der Waals surface area contributed by atoms with Crippen LogP contribution in [-0.4, -0.2) is 17.5 Å².